The van der Waals surface area contributed by atoms with Crippen LogP contribution in [0.5, 0.6) is 0 Å². The first-order chi connectivity index (χ1) is 24.7. The van der Waals surface area contributed by atoms with Gasteiger partial charge in [-0.1, -0.05) is 91.0 Å². The van der Waals surface area contributed by atoms with E-state index in [1.807, 2.05) is 22.7 Å². The summed E-state index contributed by atoms with van der Waals surface area (Å²) >= 11 is 3.73. The number of rotatable bonds is 3. The Morgan fingerprint density at radius 3 is 1.48 bits per heavy atom. The lowest BCUT2D eigenvalue weighted by atomic mass is 9.88. The summed E-state index contributed by atoms with van der Waals surface area (Å²) in [5.41, 5.74) is 10.2. The predicted molar refractivity (Wildman–Crippen MR) is 218 cm³/mol. The number of benzene rings is 8. The second-order valence-electron chi connectivity index (χ2n) is 13.3. The number of aryl methyl sites for hydroxylation is 1. The third-order valence-electron chi connectivity index (χ3n) is 10.4. The van der Waals surface area contributed by atoms with E-state index in [9.17, 15) is 0 Å². The van der Waals surface area contributed by atoms with E-state index in [0.29, 0.717) is 0 Å². The van der Waals surface area contributed by atoms with Crippen molar-refractivity contribution in [2.75, 3.05) is 0 Å². The molecule has 0 N–H and O–H groups in total. The molecule has 8 aromatic carbocycles. The molecule has 0 radical (unpaired) electrons. The normalized spacial score (nSPS) is 12.1. The van der Waals surface area contributed by atoms with Gasteiger partial charge in [0, 0.05) is 56.7 Å². The molecular weight excluding hydrogens is 645 g/mol. The van der Waals surface area contributed by atoms with Crippen LogP contribution < -0.4 is 0 Å². The van der Waals surface area contributed by atoms with Crippen LogP contribution in [-0.2, 0) is 0 Å². The smallest absolute Gasteiger partial charge is 0.144 e. The second kappa shape index (κ2) is 10.6. The monoisotopic (exact) mass is 672 g/mol. The number of furan rings is 1. The third-order valence-corrected chi connectivity index (χ3v) is 12.7. The topological polar surface area (TPSA) is 13.1 Å². The van der Waals surface area contributed by atoms with Gasteiger partial charge in [-0.15, -0.1) is 22.7 Å². The van der Waals surface area contributed by atoms with Crippen molar-refractivity contribution in [1.82, 2.24) is 0 Å². The number of hydrogen-bond acceptors (Lipinski definition) is 3. The minimum absolute atomic E-state index is 0.917. The van der Waals surface area contributed by atoms with Gasteiger partial charge in [-0.25, -0.2) is 0 Å². The Morgan fingerprint density at radius 1 is 0.380 bits per heavy atom. The lowest BCUT2D eigenvalue weighted by Crippen LogP contribution is -1.91. The van der Waals surface area contributed by atoms with Gasteiger partial charge in [0.15, 0.2) is 0 Å². The Labute approximate surface area is 296 Å². The molecule has 11 aromatic rings. The summed E-state index contributed by atoms with van der Waals surface area (Å²) in [6.07, 6.45) is 0. The summed E-state index contributed by atoms with van der Waals surface area (Å²) in [6.45, 7) is 2.25. The molecule has 3 heterocycles. The third kappa shape index (κ3) is 4.11. The zero-order chi connectivity index (χ0) is 32.9. The van der Waals surface area contributed by atoms with E-state index < -0.39 is 0 Å². The summed E-state index contributed by atoms with van der Waals surface area (Å²) in [4.78, 5) is 0. The first kappa shape index (κ1) is 28.1. The van der Waals surface area contributed by atoms with Gasteiger partial charge in [-0.05, 0) is 112 Å². The van der Waals surface area contributed by atoms with E-state index >= 15 is 0 Å². The summed E-state index contributed by atoms with van der Waals surface area (Å²) in [5.74, 6) is 0. The van der Waals surface area contributed by atoms with Crippen LogP contribution in [-0.4, -0.2) is 0 Å². The Hall–Kier alpha value is -5.74. The molecule has 11 rings (SSSR count). The van der Waals surface area contributed by atoms with Gasteiger partial charge in [-0.3, -0.25) is 0 Å². The molecule has 0 aliphatic rings. The Morgan fingerprint density at radius 2 is 0.860 bits per heavy atom. The molecule has 0 aliphatic carbocycles. The van der Waals surface area contributed by atoms with Crippen LogP contribution in [0.4, 0.5) is 0 Å². The molecule has 0 atom stereocenters. The van der Waals surface area contributed by atoms with Crippen molar-refractivity contribution in [1.29, 1.82) is 0 Å². The summed E-state index contributed by atoms with van der Waals surface area (Å²) in [7, 11) is 0. The van der Waals surface area contributed by atoms with Crippen LogP contribution in [0.25, 0.3) is 106 Å². The lowest BCUT2D eigenvalue weighted by Gasteiger charge is -2.16. The van der Waals surface area contributed by atoms with E-state index in [1.165, 1.54) is 84.3 Å². The molecule has 1 nitrogen and oxygen atoms in total. The van der Waals surface area contributed by atoms with E-state index in [2.05, 4.69) is 159 Å². The molecule has 0 amide bonds. The maximum absolute atomic E-state index is 6.81. The van der Waals surface area contributed by atoms with E-state index in [1.54, 1.807) is 0 Å². The minimum atomic E-state index is 0.917. The number of hydrogen-bond donors (Lipinski definition) is 0. The van der Waals surface area contributed by atoms with Gasteiger partial charge < -0.3 is 4.42 Å². The van der Waals surface area contributed by atoms with Gasteiger partial charge in [-0.2, -0.15) is 0 Å². The van der Waals surface area contributed by atoms with Gasteiger partial charge in [0.05, 0.1) is 0 Å². The summed E-state index contributed by atoms with van der Waals surface area (Å²) in [5, 5.41) is 10.1. The fourth-order valence-corrected chi connectivity index (χ4v) is 10.3. The second-order valence-corrected chi connectivity index (χ2v) is 15.4. The lowest BCUT2D eigenvalue weighted by molar-refractivity contribution is 0.670. The highest BCUT2D eigenvalue weighted by molar-refractivity contribution is 7.26. The predicted octanol–water partition coefficient (Wildman–Crippen LogP) is 14.8. The zero-order valence-corrected chi connectivity index (χ0v) is 28.8. The largest absolute Gasteiger partial charge is 0.455 e. The highest BCUT2D eigenvalue weighted by Crippen LogP contribution is 2.46. The van der Waals surface area contributed by atoms with Crippen molar-refractivity contribution in [3.8, 4) is 33.4 Å². The van der Waals surface area contributed by atoms with Crippen molar-refractivity contribution in [2.45, 2.75) is 6.92 Å². The van der Waals surface area contributed by atoms with Crippen LogP contribution in [0.1, 0.15) is 5.56 Å². The molecule has 0 spiro atoms. The van der Waals surface area contributed by atoms with Crippen LogP contribution in [0, 0.1) is 6.92 Å². The molecular formula is C47H28OS2. The highest BCUT2D eigenvalue weighted by Gasteiger charge is 2.21. The van der Waals surface area contributed by atoms with E-state index in [-0.39, 0.29) is 0 Å². The van der Waals surface area contributed by atoms with Crippen molar-refractivity contribution in [3.05, 3.63) is 157 Å². The van der Waals surface area contributed by atoms with Crippen molar-refractivity contribution in [2.24, 2.45) is 0 Å². The molecule has 50 heavy (non-hydrogen) atoms. The molecule has 234 valence electrons. The van der Waals surface area contributed by atoms with Crippen LogP contribution >= 0.6 is 22.7 Å². The van der Waals surface area contributed by atoms with Crippen molar-refractivity contribution < 1.29 is 4.42 Å². The number of fused-ring (bicyclic) bond motifs is 11. The van der Waals surface area contributed by atoms with Crippen molar-refractivity contribution in [3.63, 3.8) is 0 Å². The fraction of sp³-hybridized carbons (Fsp3) is 0.0213. The quantitative estimate of drug-likeness (QED) is 0.182. The van der Waals surface area contributed by atoms with E-state index in [4.69, 9.17) is 4.42 Å². The first-order valence-corrected chi connectivity index (χ1v) is 18.6. The SMILES string of the molecule is Cc1c(-c2cc(-c3ccc4sc5ccccc5c4c3)cc(-c3ccc4sc5ccccc5c4c3)c2)c2oc3ccccc3c2c2ccccc12. The fourth-order valence-electron chi connectivity index (χ4n) is 8.09. The Balaban J connectivity index is 1.23. The highest BCUT2D eigenvalue weighted by atomic mass is 32.1. The molecule has 3 aromatic heterocycles. The molecule has 0 saturated carbocycles. The molecule has 0 fully saturated rings. The van der Waals surface area contributed by atoms with E-state index in [0.717, 1.165) is 27.7 Å². The van der Waals surface area contributed by atoms with Gasteiger partial charge >= 0.3 is 0 Å². The van der Waals surface area contributed by atoms with Crippen molar-refractivity contribution >= 4 is 95.7 Å². The molecule has 0 unspecified atom stereocenters. The Kier molecular flexibility index (Phi) is 5.98. The molecule has 0 bridgehead atoms. The maximum Gasteiger partial charge on any atom is 0.144 e. The van der Waals surface area contributed by atoms with Gasteiger partial charge in [0.2, 0.25) is 0 Å². The minimum Gasteiger partial charge on any atom is -0.455 e. The number of para-hydroxylation sites is 1. The number of thiophene rings is 2. The molecule has 0 saturated heterocycles. The Bertz CT molecular complexity index is 3040. The average Bonchev–Trinajstić information content (AvgIpc) is 3.85. The molecule has 3 heteroatoms. The van der Waals surface area contributed by atoms with Crippen LogP contribution in [0.2, 0.25) is 0 Å². The van der Waals surface area contributed by atoms with Gasteiger partial charge in [0.1, 0.15) is 11.2 Å². The average molecular weight is 673 g/mol. The standard InChI is InChI=1S/C47H28OS2/c1-27-33-10-2-3-13-36(33)46-37-14-4-7-15-40(37)48-47(46)45(27)32-23-30(28-18-20-43-38(25-28)34-11-5-8-16-41(34)49-43)22-31(24-32)29-19-21-44-39(26-29)35-12-6-9-17-42(35)50-44/h2-26H,1H3. The maximum atomic E-state index is 6.81. The van der Waals surface area contributed by atoms with Crippen LogP contribution in [0.15, 0.2) is 156 Å². The van der Waals surface area contributed by atoms with Crippen LogP contribution in [0.3, 0.4) is 0 Å². The van der Waals surface area contributed by atoms with Gasteiger partial charge in [0.25, 0.3) is 0 Å². The zero-order valence-electron chi connectivity index (χ0n) is 27.2. The summed E-state index contributed by atoms with van der Waals surface area (Å²) < 4.78 is 12.1. The summed E-state index contributed by atoms with van der Waals surface area (Å²) in [6, 6.07) is 55.8. The molecule has 0 aliphatic heterocycles. The first-order valence-electron chi connectivity index (χ1n) is 17.0.